The molecule has 1 amide bonds. The van der Waals surface area contributed by atoms with Crippen LogP contribution in [0.5, 0.6) is 0 Å². The third-order valence-corrected chi connectivity index (χ3v) is 8.12. The summed E-state index contributed by atoms with van der Waals surface area (Å²) in [5, 5.41) is 4.14. The van der Waals surface area contributed by atoms with Gasteiger partial charge in [-0.25, -0.2) is 0 Å². The number of hydrogen-bond donors (Lipinski definition) is 1. The van der Waals surface area contributed by atoms with Crippen molar-refractivity contribution in [3.05, 3.63) is 63.6 Å². The molecule has 6 rings (SSSR count). The molecule has 4 aliphatic rings. The molecule has 0 heterocycles. The monoisotopic (exact) mass is 413 g/mol. The first kappa shape index (κ1) is 18.5. The fraction of sp³-hybridized carbons (Fsp3) is 0.458. The van der Waals surface area contributed by atoms with Crippen LogP contribution in [0.3, 0.4) is 0 Å². The largest absolute Gasteiger partial charge is 0.326 e. The van der Waals surface area contributed by atoms with Crippen LogP contribution < -0.4 is 5.32 Å². The van der Waals surface area contributed by atoms with Crippen molar-refractivity contribution in [3.63, 3.8) is 0 Å². The lowest BCUT2D eigenvalue weighted by Gasteiger charge is -2.61. The fourth-order valence-electron chi connectivity index (χ4n) is 6.61. The molecule has 0 aromatic heterocycles. The number of hydrogen-bond acceptors (Lipinski definition) is 1. The Labute approximate surface area is 176 Å². The van der Waals surface area contributed by atoms with Gasteiger partial charge < -0.3 is 5.32 Å². The number of halogens is 2. The Kier molecular flexibility index (Phi) is 4.30. The third-order valence-electron chi connectivity index (χ3n) is 7.38. The number of rotatable bonds is 3. The maximum absolute atomic E-state index is 13.5. The number of benzene rings is 2. The Morgan fingerprint density at radius 2 is 1.64 bits per heavy atom. The second-order valence-electron chi connectivity index (χ2n) is 9.47. The summed E-state index contributed by atoms with van der Waals surface area (Å²) >= 11 is 12.2. The average Bonchev–Trinajstić information content (AvgIpc) is 2.64. The van der Waals surface area contributed by atoms with Gasteiger partial charge in [-0.3, -0.25) is 4.79 Å². The zero-order valence-corrected chi connectivity index (χ0v) is 17.6. The smallest absolute Gasteiger partial charge is 0.230 e. The van der Waals surface area contributed by atoms with E-state index in [1.807, 2.05) is 6.07 Å². The molecule has 4 fully saturated rings. The first-order valence-corrected chi connectivity index (χ1v) is 11.0. The second kappa shape index (κ2) is 6.50. The first-order chi connectivity index (χ1) is 13.4. The summed E-state index contributed by atoms with van der Waals surface area (Å²) in [4.78, 5) is 13.5. The van der Waals surface area contributed by atoms with Crippen LogP contribution in [0.2, 0.25) is 10.0 Å². The Balaban J connectivity index is 1.46. The van der Waals surface area contributed by atoms with E-state index in [0.717, 1.165) is 24.9 Å². The van der Waals surface area contributed by atoms with E-state index in [1.54, 1.807) is 12.1 Å². The summed E-state index contributed by atoms with van der Waals surface area (Å²) in [5.41, 5.74) is 3.35. The molecule has 0 saturated heterocycles. The van der Waals surface area contributed by atoms with Crippen LogP contribution in [-0.4, -0.2) is 5.91 Å². The number of amides is 1. The van der Waals surface area contributed by atoms with Crippen molar-refractivity contribution in [2.75, 3.05) is 5.32 Å². The average molecular weight is 414 g/mol. The number of aryl methyl sites for hydroxylation is 1. The highest BCUT2D eigenvalue weighted by atomic mass is 35.5. The molecule has 2 nitrogen and oxygen atoms in total. The van der Waals surface area contributed by atoms with E-state index < -0.39 is 0 Å². The van der Waals surface area contributed by atoms with Crippen molar-refractivity contribution in [1.82, 2.24) is 0 Å². The van der Waals surface area contributed by atoms with Crippen molar-refractivity contribution in [2.45, 2.75) is 50.9 Å². The predicted molar refractivity (Wildman–Crippen MR) is 115 cm³/mol. The highest BCUT2D eigenvalue weighted by Gasteiger charge is 2.60. The van der Waals surface area contributed by atoms with Crippen LogP contribution in [0.25, 0.3) is 0 Å². The number of nitrogens with one attached hydrogen (secondary N) is 1. The van der Waals surface area contributed by atoms with Gasteiger partial charge in [-0.1, -0.05) is 53.0 Å². The number of carbonyl (C=O) groups excluding carboxylic acids is 1. The van der Waals surface area contributed by atoms with Gasteiger partial charge in [-0.05, 0) is 86.5 Å². The molecule has 2 aromatic rings. The van der Waals surface area contributed by atoms with Crippen molar-refractivity contribution >= 4 is 34.8 Å². The SMILES string of the molecule is Cc1ccc(C23C[C@@H]4C[C@H](CC(C(=O)Nc5ccc(Cl)c(Cl)c5)(C4)C2)C3)cc1. The quantitative estimate of drug-likeness (QED) is 0.589. The van der Waals surface area contributed by atoms with Gasteiger partial charge in [-0.2, -0.15) is 0 Å². The maximum Gasteiger partial charge on any atom is 0.230 e. The lowest BCUT2D eigenvalue weighted by atomic mass is 9.42. The van der Waals surface area contributed by atoms with Gasteiger partial charge in [0, 0.05) is 5.69 Å². The summed E-state index contributed by atoms with van der Waals surface area (Å²) in [7, 11) is 0. The van der Waals surface area contributed by atoms with Gasteiger partial charge in [0.2, 0.25) is 5.91 Å². The molecule has 28 heavy (non-hydrogen) atoms. The lowest BCUT2D eigenvalue weighted by Crippen LogP contribution is -2.57. The molecule has 4 bridgehead atoms. The molecule has 4 heteroatoms. The fourth-order valence-corrected chi connectivity index (χ4v) is 6.91. The topological polar surface area (TPSA) is 29.1 Å². The van der Waals surface area contributed by atoms with E-state index in [9.17, 15) is 4.79 Å². The molecule has 4 saturated carbocycles. The molecule has 0 spiro atoms. The van der Waals surface area contributed by atoms with E-state index in [-0.39, 0.29) is 16.7 Å². The third kappa shape index (κ3) is 2.97. The molecule has 0 radical (unpaired) electrons. The predicted octanol–water partition coefficient (Wildman–Crippen LogP) is 6.78. The molecule has 2 atom stereocenters. The number of carbonyl (C=O) groups is 1. The second-order valence-corrected chi connectivity index (χ2v) is 10.3. The van der Waals surface area contributed by atoms with Crippen LogP contribution in [-0.2, 0) is 10.2 Å². The van der Waals surface area contributed by atoms with E-state index >= 15 is 0 Å². The van der Waals surface area contributed by atoms with E-state index in [2.05, 4.69) is 36.5 Å². The number of anilines is 1. The van der Waals surface area contributed by atoms with Gasteiger partial charge in [0.05, 0.1) is 15.5 Å². The van der Waals surface area contributed by atoms with Crippen molar-refractivity contribution in [3.8, 4) is 0 Å². The maximum atomic E-state index is 13.5. The summed E-state index contributed by atoms with van der Waals surface area (Å²) in [5.74, 6) is 1.47. The van der Waals surface area contributed by atoms with Gasteiger partial charge in [0.25, 0.3) is 0 Å². The zero-order chi connectivity index (χ0) is 19.5. The van der Waals surface area contributed by atoms with Crippen LogP contribution in [0.15, 0.2) is 42.5 Å². The Morgan fingerprint density at radius 3 is 2.29 bits per heavy atom. The molecule has 1 N–H and O–H groups in total. The standard InChI is InChI=1S/C24H25Cl2NO/c1-15-2-4-18(5-3-15)23-10-16-8-17(11-23)13-24(12-16,14-23)22(28)27-19-6-7-20(25)21(26)9-19/h2-7,9,16-17H,8,10-14H2,1H3,(H,27,28)/t16-,17-,23?,24?/m0/s1. The first-order valence-electron chi connectivity index (χ1n) is 10.2. The normalized spacial score (nSPS) is 33.1. The molecular formula is C24H25Cl2NO. The van der Waals surface area contributed by atoms with Gasteiger partial charge >= 0.3 is 0 Å². The van der Waals surface area contributed by atoms with E-state index in [4.69, 9.17) is 23.2 Å². The Hall–Kier alpha value is -1.51. The van der Waals surface area contributed by atoms with Crippen LogP contribution in [0.1, 0.15) is 49.7 Å². The zero-order valence-electron chi connectivity index (χ0n) is 16.1. The highest BCUT2D eigenvalue weighted by Crippen LogP contribution is 2.66. The van der Waals surface area contributed by atoms with Crippen molar-refractivity contribution in [2.24, 2.45) is 17.3 Å². The molecular weight excluding hydrogens is 389 g/mol. The van der Waals surface area contributed by atoms with Crippen LogP contribution in [0.4, 0.5) is 5.69 Å². The van der Waals surface area contributed by atoms with Gasteiger partial charge in [-0.15, -0.1) is 0 Å². The van der Waals surface area contributed by atoms with E-state index in [1.165, 1.54) is 30.4 Å². The molecule has 4 aliphatic carbocycles. The minimum absolute atomic E-state index is 0.159. The van der Waals surface area contributed by atoms with Crippen molar-refractivity contribution in [1.29, 1.82) is 0 Å². The minimum atomic E-state index is -0.263. The van der Waals surface area contributed by atoms with Crippen molar-refractivity contribution < 1.29 is 4.79 Å². The van der Waals surface area contributed by atoms with E-state index in [0.29, 0.717) is 21.9 Å². The Morgan fingerprint density at radius 1 is 0.964 bits per heavy atom. The van der Waals surface area contributed by atoms with Crippen LogP contribution in [0, 0.1) is 24.2 Å². The lowest BCUT2D eigenvalue weighted by molar-refractivity contribution is -0.143. The molecule has 2 aromatic carbocycles. The van der Waals surface area contributed by atoms with Crippen LogP contribution >= 0.6 is 23.2 Å². The summed E-state index contributed by atoms with van der Waals surface area (Å²) in [6.07, 6.45) is 6.75. The molecule has 0 aliphatic heterocycles. The molecule has 146 valence electrons. The Bertz CT molecular complexity index is 922. The highest BCUT2D eigenvalue weighted by molar-refractivity contribution is 6.42. The summed E-state index contributed by atoms with van der Waals surface area (Å²) in [6.45, 7) is 2.13. The molecule has 0 unspecified atom stereocenters. The minimum Gasteiger partial charge on any atom is -0.326 e. The van der Waals surface area contributed by atoms with Gasteiger partial charge in [0.15, 0.2) is 0 Å². The summed E-state index contributed by atoms with van der Waals surface area (Å²) < 4.78 is 0. The summed E-state index contributed by atoms with van der Waals surface area (Å²) in [6, 6.07) is 14.4. The van der Waals surface area contributed by atoms with Gasteiger partial charge in [0.1, 0.15) is 0 Å².